The molecule has 1 nitrogen and oxygen atoms in total. The molecule has 0 unspecified atom stereocenters. The molecule has 0 aromatic carbocycles. The van der Waals surface area contributed by atoms with Gasteiger partial charge in [-0.2, -0.15) is 0 Å². The number of rotatable bonds is 0. The van der Waals surface area contributed by atoms with Crippen molar-refractivity contribution in [3.05, 3.63) is 0 Å². The van der Waals surface area contributed by atoms with Crippen molar-refractivity contribution in [1.82, 2.24) is 6.15 Å². The summed E-state index contributed by atoms with van der Waals surface area (Å²) >= 11 is 0. The van der Waals surface area contributed by atoms with Gasteiger partial charge in [0, 0.05) is 0 Å². The molecule has 0 aromatic heterocycles. The monoisotopic (exact) mass is 101 g/mol. The zero-order valence-corrected chi connectivity index (χ0v) is 1.93. The van der Waals surface area contributed by atoms with Crippen LogP contribution in [0.2, 0.25) is 0 Å². The predicted octanol–water partition coefficient (Wildman–Crippen LogP) is -0.0290. The van der Waals surface area contributed by atoms with Gasteiger partial charge in [0.2, 0.25) is 0 Å². The first kappa shape index (κ1) is 231. The number of hydrogen-bond donors (Lipinski definition) is 1. The molecule has 0 aliphatic rings. The standard InChI is InChI=1S/3FH.H3N.Na.H/h3*1H;1H3;;. The van der Waals surface area contributed by atoms with Gasteiger partial charge in [-0.25, -0.2) is 0 Å². The van der Waals surface area contributed by atoms with Crippen LogP contribution >= 0.6 is 0 Å². The maximum atomic E-state index is 0. The van der Waals surface area contributed by atoms with Crippen molar-refractivity contribution in [2.45, 2.75) is 0 Å². The van der Waals surface area contributed by atoms with Gasteiger partial charge < -0.3 is 6.15 Å². The van der Waals surface area contributed by atoms with Crippen molar-refractivity contribution in [2.24, 2.45) is 0 Å². The zero-order chi connectivity index (χ0) is 0. The van der Waals surface area contributed by atoms with Crippen LogP contribution in [-0.4, -0.2) is 29.6 Å². The molecule has 0 saturated heterocycles. The zero-order valence-electron chi connectivity index (χ0n) is 1.93. The van der Waals surface area contributed by atoms with Crippen LogP contribution in [0.15, 0.2) is 0 Å². The molecular formula is H7F3NNa. The van der Waals surface area contributed by atoms with Crippen molar-refractivity contribution in [3.63, 3.8) is 0 Å². The molecule has 0 spiro atoms. The second-order valence-corrected chi connectivity index (χ2v) is 0. The first-order valence-corrected chi connectivity index (χ1v) is 0. The van der Waals surface area contributed by atoms with Gasteiger partial charge in [0.15, 0.2) is 0 Å². The SMILES string of the molecule is F.F.F.N.[NaH]. The molecular weight excluding hydrogens is 94.0 g/mol. The van der Waals surface area contributed by atoms with Gasteiger partial charge >= 0.3 is 29.6 Å². The molecule has 5 heavy (non-hydrogen) atoms. The summed E-state index contributed by atoms with van der Waals surface area (Å²) in [7, 11) is 0. The maximum absolute atomic E-state index is 0. The topological polar surface area (TPSA) is 35.0 Å². The van der Waals surface area contributed by atoms with Crippen molar-refractivity contribution in [1.29, 1.82) is 0 Å². The summed E-state index contributed by atoms with van der Waals surface area (Å²) in [6.45, 7) is 0. The van der Waals surface area contributed by atoms with Crippen LogP contribution in [0.5, 0.6) is 0 Å². The van der Waals surface area contributed by atoms with Crippen molar-refractivity contribution in [2.75, 3.05) is 0 Å². The minimum absolute atomic E-state index is 0. The average molecular weight is 101 g/mol. The van der Waals surface area contributed by atoms with E-state index < -0.39 is 0 Å². The Bertz CT molecular complexity index is 6.85. The van der Waals surface area contributed by atoms with E-state index in [1.54, 1.807) is 0 Å². The molecule has 3 N–H and O–H groups in total. The van der Waals surface area contributed by atoms with Crippen LogP contribution in [0.3, 0.4) is 0 Å². The summed E-state index contributed by atoms with van der Waals surface area (Å²) < 4.78 is 0. The molecule has 0 aliphatic heterocycles. The summed E-state index contributed by atoms with van der Waals surface area (Å²) in [5.41, 5.74) is 0. The molecule has 0 bridgehead atoms. The van der Waals surface area contributed by atoms with E-state index >= 15 is 0 Å². The van der Waals surface area contributed by atoms with E-state index in [0.29, 0.717) is 0 Å². The van der Waals surface area contributed by atoms with Crippen molar-refractivity contribution in [3.8, 4) is 0 Å². The predicted molar refractivity (Wildman–Crippen MR) is 19.7 cm³/mol. The Morgan fingerprint density at radius 2 is 0.600 bits per heavy atom. The molecule has 0 aromatic rings. The molecule has 0 fully saturated rings. The molecule has 0 saturated carbocycles. The van der Waals surface area contributed by atoms with Crippen LogP contribution in [0, 0.1) is 0 Å². The second kappa shape index (κ2) is 119. The van der Waals surface area contributed by atoms with Crippen LogP contribution in [0.4, 0.5) is 14.1 Å². The Balaban J connectivity index is 0. The Hall–Kier alpha value is 0.750. The third-order valence-electron chi connectivity index (χ3n) is 0. The van der Waals surface area contributed by atoms with Gasteiger partial charge in [-0.15, -0.1) is 0 Å². The average Bonchev–Trinajstić information content (AvgIpc) is 0. The quantitative estimate of drug-likeness (QED) is 0.427. The molecule has 34 valence electrons. The van der Waals surface area contributed by atoms with E-state index in [1.807, 2.05) is 0 Å². The van der Waals surface area contributed by atoms with Gasteiger partial charge in [0.05, 0.1) is 0 Å². The van der Waals surface area contributed by atoms with E-state index in [2.05, 4.69) is 0 Å². The summed E-state index contributed by atoms with van der Waals surface area (Å²) in [4.78, 5) is 0. The van der Waals surface area contributed by atoms with Crippen LogP contribution in [-0.2, 0) is 0 Å². The molecule has 0 atom stereocenters. The Morgan fingerprint density at radius 3 is 0.600 bits per heavy atom. The summed E-state index contributed by atoms with van der Waals surface area (Å²) in [5.74, 6) is 0. The number of hydrogen-bond acceptors (Lipinski definition) is 1. The Labute approximate surface area is 50.1 Å². The van der Waals surface area contributed by atoms with E-state index in [-0.39, 0.29) is 49.8 Å². The summed E-state index contributed by atoms with van der Waals surface area (Å²) in [6.07, 6.45) is 0. The van der Waals surface area contributed by atoms with Gasteiger partial charge in [0.25, 0.3) is 0 Å². The first-order valence-electron chi connectivity index (χ1n) is 0. The molecule has 5 heteroatoms. The molecule has 0 rings (SSSR count). The summed E-state index contributed by atoms with van der Waals surface area (Å²) in [5, 5.41) is 0. The Morgan fingerprint density at radius 1 is 0.600 bits per heavy atom. The normalized spacial score (nSPS) is 0. The van der Waals surface area contributed by atoms with Crippen LogP contribution < -0.4 is 6.15 Å². The van der Waals surface area contributed by atoms with Gasteiger partial charge in [-0.05, 0) is 0 Å². The number of halogens is 3. The van der Waals surface area contributed by atoms with Gasteiger partial charge in [-0.3, -0.25) is 14.1 Å². The molecule has 0 radical (unpaired) electrons. The minimum atomic E-state index is 0. The van der Waals surface area contributed by atoms with E-state index in [1.165, 1.54) is 0 Å². The first-order chi connectivity index (χ1) is 0. The third kappa shape index (κ3) is 63.9. The summed E-state index contributed by atoms with van der Waals surface area (Å²) in [6, 6.07) is 0. The Kier molecular flexibility index (Phi) is 5480. The van der Waals surface area contributed by atoms with E-state index in [4.69, 9.17) is 0 Å². The van der Waals surface area contributed by atoms with E-state index in [9.17, 15) is 0 Å². The van der Waals surface area contributed by atoms with Gasteiger partial charge in [0.1, 0.15) is 0 Å². The third-order valence-corrected chi connectivity index (χ3v) is 0. The fourth-order valence-electron chi connectivity index (χ4n) is 0. The van der Waals surface area contributed by atoms with E-state index in [0.717, 1.165) is 0 Å². The molecule has 0 aliphatic carbocycles. The van der Waals surface area contributed by atoms with Crippen molar-refractivity contribution >= 4 is 29.6 Å². The van der Waals surface area contributed by atoms with Gasteiger partial charge in [-0.1, -0.05) is 0 Å². The van der Waals surface area contributed by atoms with Crippen LogP contribution in [0.1, 0.15) is 0 Å². The van der Waals surface area contributed by atoms with Crippen LogP contribution in [0.25, 0.3) is 0 Å². The van der Waals surface area contributed by atoms with Crippen molar-refractivity contribution < 1.29 is 14.1 Å². The fraction of sp³-hybridized carbons (Fsp3) is 0. The molecule has 0 heterocycles. The fourth-order valence-corrected chi connectivity index (χ4v) is 0. The molecule has 0 amide bonds. The second-order valence-electron chi connectivity index (χ2n) is 0.